The van der Waals surface area contributed by atoms with Crippen LogP contribution in [-0.4, -0.2) is 134 Å². The summed E-state index contributed by atoms with van der Waals surface area (Å²) in [4.78, 5) is 32.4. The van der Waals surface area contributed by atoms with Gasteiger partial charge in [-0.2, -0.15) is 0 Å². The third-order valence-corrected chi connectivity index (χ3v) is 2.72. The van der Waals surface area contributed by atoms with Crippen molar-refractivity contribution in [2.75, 3.05) is 6.61 Å². The first kappa shape index (κ1) is 24.2. The first-order valence-electron chi connectivity index (χ1n) is 5.98. The molecule has 0 saturated heterocycles. The summed E-state index contributed by atoms with van der Waals surface area (Å²) < 4.78 is 0. The van der Waals surface area contributed by atoms with Crippen molar-refractivity contribution in [3.63, 3.8) is 0 Å². The fraction of sp³-hybridized carbons (Fsp3) is 0.727. The molecule has 0 fully saturated rings. The number of Topliss-reactive ketones (excluding diaryl/α,β-unsaturated/α-hetero) is 1. The number of hydrogen-bond acceptors (Lipinski definition) is 8. The van der Waals surface area contributed by atoms with E-state index in [0.717, 1.165) is 6.92 Å². The number of nitrogens with one attached hydrogen (secondary N) is 1. The Morgan fingerprint density at radius 2 is 1.55 bits per heavy atom. The average Bonchev–Trinajstić information content (AvgIpc) is 2.41. The predicted octanol–water partition coefficient (Wildman–Crippen LogP) is -4.18. The monoisotopic (exact) mass is 449 g/mol. The van der Waals surface area contributed by atoms with Gasteiger partial charge in [0.25, 0.3) is 0 Å². The average molecular weight is 449 g/mol. The first-order valence-corrected chi connectivity index (χ1v) is 5.98. The summed E-state index contributed by atoms with van der Waals surface area (Å²) in [5.41, 5.74) is 0. The van der Waals surface area contributed by atoms with Crippen LogP contribution in [0.2, 0.25) is 0 Å². The van der Waals surface area contributed by atoms with E-state index in [0.29, 0.717) is 0 Å². The zero-order chi connectivity index (χ0) is 16.7. The molecule has 10 nitrogen and oxygen atoms in total. The van der Waals surface area contributed by atoms with Gasteiger partial charge in [0.05, 0.1) is 18.8 Å². The van der Waals surface area contributed by atoms with Crippen LogP contribution >= 0.6 is 0 Å². The Bertz CT molecular complexity index is 402. The molecule has 0 rings (SSSR count). The van der Waals surface area contributed by atoms with Crippen LogP contribution in [0.5, 0.6) is 0 Å². The largest absolute Gasteiger partial charge is 2.00 e. The molecule has 0 aromatic carbocycles. The summed E-state index contributed by atoms with van der Waals surface area (Å²) in [6, 6.07) is -1.61. The third-order valence-electron chi connectivity index (χ3n) is 2.72. The molecule has 0 radical (unpaired) electrons. The van der Waals surface area contributed by atoms with Crippen molar-refractivity contribution < 1.29 is 47.9 Å². The van der Waals surface area contributed by atoms with E-state index >= 15 is 0 Å². The minimum Gasteiger partial charge on any atom is -1.00 e. The predicted molar refractivity (Wildman–Crippen MR) is 74.0 cm³/mol. The van der Waals surface area contributed by atoms with Crippen molar-refractivity contribution in [3.8, 4) is 0 Å². The van der Waals surface area contributed by atoms with Crippen molar-refractivity contribution in [2.45, 2.75) is 43.8 Å². The van der Waals surface area contributed by atoms with E-state index in [1.807, 2.05) is 5.32 Å². The van der Waals surface area contributed by atoms with Gasteiger partial charge in [0, 0.05) is 13.3 Å². The second-order valence-electron chi connectivity index (χ2n) is 4.46. The Hall–Kier alpha value is -0.0186. The Kier molecular flexibility index (Phi) is 12.7. The zero-order valence-corrected chi connectivity index (χ0v) is 16.4. The van der Waals surface area contributed by atoms with E-state index in [2.05, 4.69) is 0 Å². The molecule has 11 heteroatoms. The minimum atomic E-state index is -1.94. The summed E-state index contributed by atoms with van der Waals surface area (Å²) >= 11 is 0. The van der Waals surface area contributed by atoms with Gasteiger partial charge in [0.2, 0.25) is 11.7 Å². The second kappa shape index (κ2) is 11.5. The summed E-state index contributed by atoms with van der Waals surface area (Å²) in [5.74, 6) is -3.89. The van der Waals surface area contributed by atoms with Gasteiger partial charge in [-0.15, -0.1) is 0 Å². The Labute approximate surface area is 169 Å². The van der Waals surface area contributed by atoms with E-state index in [4.69, 9.17) is 10.2 Å². The van der Waals surface area contributed by atoms with Gasteiger partial charge in [0.1, 0.15) is 18.3 Å². The smallest absolute Gasteiger partial charge is 1.00 e. The molecule has 0 aliphatic rings. The number of carboxylic acids is 1. The van der Waals surface area contributed by atoms with E-state index in [-0.39, 0.29) is 51.7 Å². The summed E-state index contributed by atoms with van der Waals surface area (Å²) in [6.45, 7) is 0.134. The molecular weight excluding hydrogens is 427 g/mol. The number of ketones is 1. The Balaban J connectivity index is -0.000000667. The number of hydrogen-bond donors (Lipinski definition) is 7. The van der Waals surface area contributed by atoms with Gasteiger partial charge < -0.3 is 38.8 Å². The maximum atomic E-state index is 11.0. The van der Waals surface area contributed by atoms with Gasteiger partial charge in [-0.1, -0.05) is 0 Å². The molecule has 7 N–H and O–H groups in total. The molecule has 0 unspecified atom stereocenters. The fourth-order valence-corrected chi connectivity index (χ4v) is 1.60. The molecule has 0 saturated carbocycles. The second-order valence-corrected chi connectivity index (χ2v) is 4.46. The topological polar surface area (TPSA) is 185 Å². The number of aliphatic hydroxyl groups excluding tert-OH is 5. The number of rotatable bonds is 9. The number of amides is 1. The number of aliphatic carboxylic acids is 1. The van der Waals surface area contributed by atoms with Gasteiger partial charge in [-0.25, -0.2) is 4.79 Å². The first-order chi connectivity index (χ1) is 9.61. The van der Waals surface area contributed by atoms with Crippen LogP contribution < -0.4 is 5.32 Å². The molecule has 0 aromatic heterocycles. The molecule has 0 aliphatic heterocycles. The number of aliphatic hydroxyl groups is 5. The molecular formula is C11H21BaNO9. The molecule has 0 spiro atoms. The van der Waals surface area contributed by atoms with Gasteiger partial charge in [-0.3, -0.25) is 9.59 Å². The van der Waals surface area contributed by atoms with Crippen molar-refractivity contribution in [2.24, 2.45) is 0 Å². The van der Waals surface area contributed by atoms with Gasteiger partial charge >= 0.3 is 54.9 Å². The molecule has 0 aromatic rings. The summed E-state index contributed by atoms with van der Waals surface area (Å²) in [7, 11) is 0. The Morgan fingerprint density at radius 1 is 1.05 bits per heavy atom. The van der Waals surface area contributed by atoms with Crippen LogP contribution in [0.3, 0.4) is 0 Å². The molecule has 1 amide bonds. The number of carbonyl (C=O) groups excluding carboxylic acids is 2. The normalized spacial score (nSPS) is 17.4. The summed E-state index contributed by atoms with van der Waals surface area (Å²) in [5, 5.41) is 57.4. The van der Waals surface area contributed by atoms with Crippen LogP contribution in [0.1, 0.15) is 16.2 Å². The number of carboxylic acid groups (broad SMARTS) is 1. The molecule has 5 atom stereocenters. The van der Waals surface area contributed by atoms with Crippen molar-refractivity contribution in [1.29, 1.82) is 0 Å². The maximum Gasteiger partial charge on any atom is 2.00 e. The molecule has 0 aliphatic carbocycles. The van der Waals surface area contributed by atoms with E-state index in [9.17, 15) is 34.8 Å². The van der Waals surface area contributed by atoms with Crippen molar-refractivity contribution >= 4 is 66.5 Å². The van der Waals surface area contributed by atoms with Crippen LogP contribution in [0.25, 0.3) is 0 Å². The molecule has 0 heterocycles. The van der Waals surface area contributed by atoms with Crippen molar-refractivity contribution in [1.82, 2.24) is 5.32 Å². The SMILES string of the molecule is CC(=O)N[C@@H]([C@@H](O)[C@H](O)[C@H](O)CO)[C@@H](O)CC(=O)C(=O)O.[Ba+2].[H-].[H-]. The molecule has 126 valence electrons. The standard InChI is InChI=1S/C11H19NO9.Ba.2H/c1-4(14)12-8(5(15)2-6(16)11(20)21)10(19)9(18)7(17)3-13;;;/h5,7-10,13,15,17-19H,2-3H2,1H3,(H,12,14)(H,20,21);;;/q;+2;2*-1/t5-,7+,8+,9+,10+;;;/m0.../s1. The van der Waals surface area contributed by atoms with Crippen LogP contribution in [0.4, 0.5) is 0 Å². The number of carbonyl (C=O) groups is 3. The molecule has 0 bridgehead atoms. The zero-order valence-electron chi connectivity index (χ0n) is 13.9. The van der Waals surface area contributed by atoms with Crippen LogP contribution in [0, 0.1) is 0 Å². The summed E-state index contributed by atoms with van der Waals surface area (Å²) in [6.07, 6.45) is -8.35. The van der Waals surface area contributed by atoms with E-state index in [1.54, 1.807) is 0 Å². The van der Waals surface area contributed by atoms with Crippen LogP contribution in [0.15, 0.2) is 0 Å². The quantitative estimate of drug-likeness (QED) is 0.136. The van der Waals surface area contributed by atoms with Gasteiger partial charge in [-0.05, 0) is 0 Å². The maximum absolute atomic E-state index is 11.0. The fourth-order valence-electron chi connectivity index (χ4n) is 1.60. The van der Waals surface area contributed by atoms with Gasteiger partial charge in [0.15, 0.2) is 0 Å². The van der Waals surface area contributed by atoms with E-state index in [1.165, 1.54) is 0 Å². The minimum absolute atomic E-state index is 0. The molecule has 22 heavy (non-hydrogen) atoms. The van der Waals surface area contributed by atoms with Crippen LogP contribution in [-0.2, 0) is 14.4 Å². The Morgan fingerprint density at radius 3 is 1.91 bits per heavy atom. The third kappa shape index (κ3) is 8.01. The van der Waals surface area contributed by atoms with Crippen molar-refractivity contribution in [3.05, 3.63) is 0 Å². The van der Waals surface area contributed by atoms with E-state index < -0.39 is 61.1 Å².